The fourth-order valence-corrected chi connectivity index (χ4v) is 5.83. The van der Waals surface area contributed by atoms with E-state index in [2.05, 4.69) is 4.98 Å². The second kappa shape index (κ2) is 9.09. The first kappa shape index (κ1) is 25.5. The van der Waals surface area contributed by atoms with Crippen LogP contribution < -0.4 is 10.9 Å². The monoisotopic (exact) mass is 495 g/mol. The van der Waals surface area contributed by atoms with Gasteiger partial charge in [0.15, 0.2) is 0 Å². The molecular weight excluding hydrogens is 477 g/mol. The number of pyridine rings is 1. The Bertz CT molecular complexity index is 1180. The van der Waals surface area contributed by atoms with Gasteiger partial charge in [0.05, 0.1) is 21.0 Å². The molecule has 3 aromatic rings. The zero-order valence-electron chi connectivity index (χ0n) is 15.0. The molecular formula is C17H19Cl2N3O4S3. The van der Waals surface area contributed by atoms with Crippen molar-refractivity contribution in [2.75, 3.05) is 0 Å². The summed E-state index contributed by atoms with van der Waals surface area (Å²) in [5.74, 6) is 0. The summed E-state index contributed by atoms with van der Waals surface area (Å²) in [6, 6.07) is 12.6. The quantitative estimate of drug-likeness (QED) is 0.558. The molecule has 1 atom stereocenters. The molecule has 7 nitrogen and oxygen atoms in total. The minimum atomic E-state index is -3.95. The SMILES string of the molecule is CC(N)(c1ccc(S(=O)(=O)c2csc(S(N)(=O)=O)c2)cc1)c1ccccn1.Cl.Cl. The summed E-state index contributed by atoms with van der Waals surface area (Å²) in [5, 5.41) is 6.30. The van der Waals surface area contributed by atoms with E-state index in [-0.39, 0.29) is 38.8 Å². The lowest BCUT2D eigenvalue weighted by atomic mass is 9.89. The Morgan fingerprint density at radius 2 is 1.59 bits per heavy atom. The van der Waals surface area contributed by atoms with E-state index in [9.17, 15) is 16.8 Å². The van der Waals surface area contributed by atoms with Crippen LogP contribution in [0.4, 0.5) is 0 Å². The molecule has 3 rings (SSSR count). The highest BCUT2D eigenvalue weighted by molar-refractivity contribution is 7.92. The summed E-state index contributed by atoms with van der Waals surface area (Å²) in [4.78, 5) is 4.17. The number of primary sulfonamides is 1. The molecule has 29 heavy (non-hydrogen) atoms. The van der Waals surface area contributed by atoms with Gasteiger partial charge in [-0.3, -0.25) is 4.98 Å². The van der Waals surface area contributed by atoms with Crippen LogP contribution in [0.2, 0.25) is 0 Å². The maximum atomic E-state index is 12.7. The van der Waals surface area contributed by atoms with E-state index in [1.807, 2.05) is 6.07 Å². The van der Waals surface area contributed by atoms with Crippen LogP contribution in [0.5, 0.6) is 0 Å². The molecule has 1 unspecified atom stereocenters. The molecule has 158 valence electrons. The lowest BCUT2D eigenvalue weighted by molar-refractivity contribution is 0.579. The standard InChI is InChI=1S/C17H17N3O4S3.2ClH/c1-17(18,15-4-2-3-9-20-15)12-5-7-13(8-6-12)26(21,22)14-10-16(25-11-14)27(19,23)24;;/h2-11H,18H2,1H3,(H2,19,23,24);2*1H. The number of halogens is 2. The molecule has 0 fully saturated rings. The Morgan fingerprint density at radius 3 is 2.07 bits per heavy atom. The molecule has 0 saturated carbocycles. The number of aromatic nitrogens is 1. The number of sulfone groups is 1. The number of hydrogen-bond donors (Lipinski definition) is 2. The molecule has 2 aromatic heterocycles. The molecule has 0 spiro atoms. The van der Waals surface area contributed by atoms with Gasteiger partial charge in [0.25, 0.3) is 0 Å². The lowest BCUT2D eigenvalue weighted by Gasteiger charge is -2.24. The molecule has 12 heteroatoms. The van der Waals surface area contributed by atoms with Gasteiger partial charge in [0, 0.05) is 11.6 Å². The highest BCUT2D eigenvalue weighted by atomic mass is 35.5. The topological polar surface area (TPSA) is 133 Å². The highest BCUT2D eigenvalue weighted by Gasteiger charge is 2.27. The van der Waals surface area contributed by atoms with Crippen molar-refractivity contribution in [3.05, 3.63) is 71.4 Å². The number of rotatable bonds is 5. The smallest absolute Gasteiger partial charge is 0.247 e. The van der Waals surface area contributed by atoms with Gasteiger partial charge in [0.2, 0.25) is 19.9 Å². The van der Waals surface area contributed by atoms with E-state index >= 15 is 0 Å². The second-order valence-corrected chi connectivity index (χ2v) is 10.7. The molecule has 1 aromatic carbocycles. The predicted octanol–water partition coefficient (Wildman–Crippen LogP) is 2.69. The van der Waals surface area contributed by atoms with Gasteiger partial charge in [-0.2, -0.15) is 0 Å². The molecule has 0 aliphatic heterocycles. The van der Waals surface area contributed by atoms with Gasteiger partial charge in [-0.25, -0.2) is 22.0 Å². The molecule has 0 aliphatic rings. The Morgan fingerprint density at radius 1 is 0.966 bits per heavy atom. The van der Waals surface area contributed by atoms with Gasteiger partial charge < -0.3 is 5.73 Å². The summed E-state index contributed by atoms with van der Waals surface area (Å²) < 4.78 is 48.0. The van der Waals surface area contributed by atoms with Crippen LogP contribution in [0.1, 0.15) is 18.2 Å². The van der Waals surface area contributed by atoms with Gasteiger partial charge in [-0.15, -0.1) is 36.2 Å². The first-order valence-electron chi connectivity index (χ1n) is 7.70. The molecule has 0 saturated heterocycles. The molecule has 0 bridgehead atoms. The number of benzene rings is 1. The van der Waals surface area contributed by atoms with Crippen molar-refractivity contribution in [2.24, 2.45) is 10.9 Å². The third-order valence-electron chi connectivity index (χ3n) is 4.10. The van der Waals surface area contributed by atoms with Gasteiger partial charge in [-0.1, -0.05) is 18.2 Å². The number of hydrogen-bond acceptors (Lipinski definition) is 7. The summed E-state index contributed by atoms with van der Waals surface area (Å²) >= 11 is 0.762. The van der Waals surface area contributed by atoms with Crippen LogP contribution in [0, 0.1) is 0 Å². The minimum absolute atomic E-state index is 0. The normalized spacial score (nSPS) is 13.6. The Kier molecular flexibility index (Phi) is 7.99. The van der Waals surface area contributed by atoms with Gasteiger partial charge in [0.1, 0.15) is 4.21 Å². The Balaban J connectivity index is 0.00000210. The first-order valence-corrected chi connectivity index (χ1v) is 11.6. The van der Waals surface area contributed by atoms with E-state index in [4.69, 9.17) is 10.9 Å². The number of nitrogens with zero attached hydrogens (tertiary/aromatic N) is 1. The maximum Gasteiger partial charge on any atom is 0.247 e. The molecule has 2 heterocycles. The predicted molar refractivity (Wildman–Crippen MR) is 117 cm³/mol. The largest absolute Gasteiger partial charge is 0.317 e. The third kappa shape index (κ3) is 5.15. The van der Waals surface area contributed by atoms with Crippen LogP contribution in [-0.4, -0.2) is 21.8 Å². The van der Waals surface area contributed by atoms with Crippen molar-refractivity contribution >= 4 is 56.0 Å². The lowest BCUT2D eigenvalue weighted by Crippen LogP contribution is -2.35. The second-order valence-electron chi connectivity index (χ2n) is 6.09. The molecule has 4 N–H and O–H groups in total. The van der Waals surface area contributed by atoms with Crippen LogP contribution in [0.3, 0.4) is 0 Å². The van der Waals surface area contributed by atoms with E-state index in [0.29, 0.717) is 11.3 Å². The number of nitrogens with two attached hydrogens (primary N) is 2. The highest BCUT2D eigenvalue weighted by Crippen LogP contribution is 2.30. The van der Waals surface area contributed by atoms with Crippen molar-refractivity contribution < 1.29 is 16.8 Å². The van der Waals surface area contributed by atoms with Crippen molar-refractivity contribution in [3.8, 4) is 0 Å². The molecule has 0 aliphatic carbocycles. The first-order chi connectivity index (χ1) is 12.5. The van der Waals surface area contributed by atoms with Crippen molar-refractivity contribution in [1.29, 1.82) is 0 Å². The van der Waals surface area contributed by atoms with Crippen molar-refractivity contribution in [1.82, 2.24) is 4.98 Å². The Hall–Kier alpha value is -1.53. The van der Waals surface area contributed by atoms with Crippen LogP contribution in [-0.2, 0) is 25.4 Å². The van der Waals surface area contributed by atoms with E-state index in [0.717, 1.165) is 17.4 Å². The van der Waals surface area contributed by atoms with Crippen LogP contribution in [0.15, 0.2) is 74.1 Å². The number of sulfonamides is 1. The zero-order chi connectivity index (χ0) is 19.9. The average molecular weight is 496 g/mol. The Labute approximate surface area is 186 Å². The van der Waals surface area contributed by atoms with Crippen molar-refractivity contribution in [3.63, 3.8) is 0 Å². The molecule has 0 radical (unpaired) electrons. The van der Waals surface area contributed by atoms with Gasteiger partial charge in [-0.05, 0) is 42.8 Å². The fraction of sp³-hybridized carbons (Fsp3) is 0.118. The summed E-state index contributed by atoms with van der Waals surface area (Å²) in [6.07, 6.45) is 1.64. The summed E-state index contributed by atoms with van der Waals surface area (Å²) in [5.41, 5.74) is 6.83. The summed E-state index contributed by atoms with van der Waals surface area (Å²) in [7, 11) is -7.82. The maximum absolute atomic E-state index is 12.7. The zero-order valence-corrected chi connectivity index (χ0v) is 19.1. The summed E-state index contributed by atoms with van der Waals surface area (Å²) in [6.45, 7) is 1.79. The van der Waals surface area contributed by atoms with Gasteiger partial charge >= 0.3 is 0 Å². The third-order valence-corrected chi connectivity index (χ3v) is 8.39. The fourth-order valence-electron chi connectivity index (χ4n) is 2.52. The van der Waals surface area contributed by atoms with E-state index < -0.39 is 25.4 Å². The van der Waals surface area contributed by atoms with E-state index in [1.165, 1.54) is 17.5 Å². The van der Waals surface area contributed by atoms with E-state index in [1.54, 1.807) is 37.4 Å². The minimum Gasteiger partial charge on any atom is -0.317 e. The van der Waals surface area contributed by atoms with Crippen molar-refractivity contribution in [2.45, 2.75) is 26.5 Å². The molecule has 0 amide bonds. The van der Waals surface area contributed by atoms with Crippen LogP contribution >= 0.6 is 36.2 Å². The number of thiophene rings is 1. The average Bonchev–Trinajstić information content (AvgIpc) is 3.14. The van der Waals surface area contributed by atoms with Crippen LogP contribution in [0.25, 0.3) is 0 Å².